The maximum absolute atomic E-state index is 11.4. The summed E-state index contributed by atoms with van der Waals surface area (Å²) in [5.74, 6) is -0.361. The number of ether oxygens (including phenoxy) is 1. The lowest BCUT2D eigenvalue weighted by Gasteiger charge is -1.99. The summed E-state index contributed by atoms with van der Waals surface area (Å²) in [5.41, 5.74) is 3.38. The van der Waals surface area contributed by atoms with Crippen LogP contribution in [-0.2, 0) is 16.2 Å². The van der Waals surface area contributed by atoms with Gasteiger partial charge in [-0.2, -0.15) is 0 Å². The second kappa shape index (κ2) is 8.40. The molecule has 1 aromatic heterocycles. The van der Waals surface area contributed by atoms with Crippen molar-refractivity contribution in [3.05, 3.63) is 76.3 Å². The maximum Gasteiger partial charge on any atom is 0.337 e. The minimum Gasteiger partial charge on any atom is -0.465 e. The van der Waals surface area contributed by atoms with Gasteiger partial charge in [0.25, 0.3) is 0 Å². The molecule has 6 heteroatoms. The Balaban J connectivity index is 1.59. The molecule has 0 spiro atoms. The highest BCUT2D eigenvalue weighted by molar-refractivity contribution is 7.15. The van der Waals surface area contributed by atoms with Gasteiger partial charge in [-0.1, -0.05) is 47.6 Å². The topological polar surface area (TPSA) is 60.8 Å². The summed E-state index contributed by atoms with van der Waals surface area (Å²) < 4.78 is 4.67. The predicted molar refractivity (Wildman–Crippen MR) is 102 cm³/mol. The van der Waals surface area contributed by atoms with Crippen molar-refractivity contribution in [2.24, 2.45) is 5.16 Å². The number of methoxy groups -OCH3 is 1. The second-order valence-electron chi connectivity index (χ2n) is 5.52. The van der Waals surface area contributed by atoms with Crippen molar-refractivity contribution >= 4 is 23.5 Å². The van der Waals surface area contributed by atoms with E-state index < -0.39 is 0 Å². The lowest BCUT2D eigenvalue weighted by Crippen LogP contribution is -2.00. The fourth-order valence-corrected chi connectivity index (χ4v) is 3.26. The van der Waals surface area contributed by atoms with Crippen molar-refractivity contribution in [2.75, 3.05) is 7.11 Å². The van der Waals surface area contributed by atoms with E-state index in [-0.39, 0.29) is 5.97 Å². The first kappa shape index (κ1) is 17.8. The number of rotatable bonds is 6. The molecule has 5 nitrogen and oxygen atoms in total. The average Bonchev–Trinajstić information content (AvgIpc) is 3.06. The molecule has 0 aliphatic carbocycles. The predicted octanol–water partition coefficient (Wildman–Crippen LogP) is 4.46. The highest BCUT2D eigenvalue weighted by atomic mass is 32.1. The van der Waals surface area contributed by atoms with Crippen LogP contribution in [0.25, 0.3) is 10.6 Å². The molecule has 1 heterocycles. The van der Waals surface area contributed by atoms with Crippen molar-refractivity contribution in [1.29, 1.82) is 0 Å². The molecule has 0 aliphatic heterocycles. The number of oxime groups is 1. The van der Waals surface area contributed by atoms with Crippen LogP contribution in [0.4, 0.5) is 0 Å². The number of carbonyl (C=O) groups is 1. The molecular formula is C20H18N2O3S. The Labute approximate surface area is 155 Å². The summed E-state index contributed by atoms with van der Waals surface area (Å²) in [6.07, 6.45) is 1.61. The first-order valence-electron chi connectivity index (χ1n) is 8.03. The van der Waals surface area contributed by atoms with Gasteiger partial charge in [-0.15, -0.1) is 11.3 Å². The first-order valence-corrected chi connectivity index (χ1v) is 8.84. The zero-order valence-electron chi connectivity index (χ0n) is 14.5. The van der Waals surface area contributed by atoms with Gasteiger partial charge in [-0.05, 0) is 24.6 Å². The van der Waals surface area contributed by atoms with Gasteiger partial charge in [0.05, 0.1) is 29.5 Å². The van der Waals surface area contributed by atoms with Crippen LogP contribution in [-0.4, -0.2) is 24.3 Å². The quantitative estimate of drug-likeness (QED) is 0.367. The number of carbonyl (C=O) groups excluding carboxylic acids is 1. The van der Waals surface area contributed by atoms with Crippen molar-refractivity contribution in [2.45, 2.75) is 13.5 Å². The summed E-state index contributed by atoms with van der Waals surface area (Å²) in [5, 5.41) is 4.97. The molecule has 0 radical (unpaired) electrons. The Kier molecular flexibility index (Phi) is 5.76. The molecule has 3 rings (SSSR count). The number of esters is 1. The smallest absolute Gasteiger partial charge is 0.337 e. The first-order chi connectivity index (χ1) is 12.7. The summed E-state index contributed by atoms with van der Waals surface area (Å²) in [6, 6.07) is 17.0. The van der Waals surface area contributed by atoms with Crippen LogP contribution in [0.1, 0.15) is 26.5 Å². The van der Waals surface area contributed by atoms with E-state index in [1.165, 1.54) is 7.11 Å². The summed E-state index contributed by atoms with van der Waals surface area (Å²) >= 11 is 1.61. The number of benzene rings is 2. The third-order valence-corrected chi connectivity index (χ3v) is 4.90. The number of aromatic nitrogens is 1. The molecule has 0 fully saturated rings. The summed E-state index contributed by atoms with van der Waals surface area (Å²) in [4.78, 5) is 22.4. The van der Waals surface area contributed by atoms with Crippen LogP contribution in [0.2, 0.25) is 0 Å². The molecule has 0 saturated carbocycles. The summed E-state index contributed by atoms with van der Waals surface area (Å²) in [7, 11) is 1.36. The third-order valence-electron chi connectivity index (χ3n) is 3.72. The van der Waals surface area contributed by atoms with E-state index in [0.717, 1.165) is 26.7 Å². The number of aryl methyl sites for hydroxylation is 1. The Morgan fingerprint density at radius 3 is 2.58 bits per heavy atom. The Bertz CT molecular complexity index is 903. The van der Waals surface area contributed by atoms with Gasteiger partial charge >= 0.3 is 5.97 Å². The van der Waals surface area contributed by atoms with Crippen LogP contribution in [0, 0.1) is 6.92 Å². The molecule has 0 bridgehead atoms. The van der Waals surface area contributed by atoms with E-state index in [2.05, 4.69) is 14.9 Å². The molecule has 132 valence electrons. The van der Waals surface area contributed by atoms with E-state index >= 15 is 0 Å². The van der Waals surface area contributed by atoms with E-state index in [1.54, 1.807) is 41.8 Å². The number of nitrogens with zero attached hydrogens (tertiary/aromatic N) is 2. The van der Waals surface area contributed by atoms with Gasteiger partial charge in [0.15, 0.2) is 6.61 Å². The maximum atomic E-state index is 11.4. The van der Waals surface area contributed by atoms with Gasteiger partial charge in [-0.25, -0.2) is 9.78 Å². The van der Waals surface area contributed by atoms with E-state index in [4.69, 9.17) is 4.84 Å². The minimum absolute atomic E-state index is 0.361. The van der Waals surface area contributed by atoms with E-state index in [9.17, 15) is 4.79 Å². The van der Waals surface area contributed by atoms with Gasteiger partial charge < -0.3 is 9.57 Å². The molecule has 0 N–H and O–H groups in total. The number of hydrogen-bond acceptors (Lipinski definition) is 6. The standard InChI is InChI=1S/C20H18N2O3S/c1-14-18(26-19(22-14)16-6-4-3-5-7-16)13-25-21-12-15-8-10-17(11-9-15)20(23)24-2/h3-12H,13H2,1-2H3/b21-12+. The molecule has 2 aromatic carbocycles. The van der Waals surface area contributed by atoms with Crippen LogP contribution in [0.3, 0.4) is 0 Å². The Hall–Kier alpha value is -2.99. The molecule has 0 atom stereocenters. The van der Waals surface area contributed by atoms with Gasteiger partial charge in [0.2, 0.25) is 0 Å². The van der Waals surface area contributed by atoms with Crippen LogP contribution in [0.15, 0.2) is 59.8 Å². The lowest BCUT2D eigenvalue weighted by molar-refractivity contribution is 0.0600. The van der Waals surface area contributed by atoms with E-state index in [1.807, 2.05) is 37.3 Å². The normalized spacial score (nSPS) is 10.8. The molecule has 0 unspecified atom stereocenters. The van der Waals surface area contributed by atoms with Crippen molar-refractivity contribution in [3.63, 3.8) is 0 Å². The Morgan fingerprint density at radius 1 is 1.15 bits per heavy atom. The van der Waals surface area contributed by atoms with Crippen LogP contribution < -0.4 is 0 Å². The van der Waals surface area contributed by atoms with Crippen LogP contribution >= 0.6 is 11.3 Å². The third kappa shape index (κ3) is 4.34. The van der Waals surface area contributed by atoms with Crippen molar-refractivity contribution in [3.8, 4) is 10.6 Å². The van der Waals surface area contributed by atoms with Crippen molar-refractivity contribution < 1.29 is 14.4 Å². The minimum atomic E-state index is -0.361. The lowest BCUT2D eigenvalue weighted by atomic mass is 10.1. The largest absolute Gasteiger partial charge is 0.465 e. The zero-order valence-corrected chi connectivity index (χ0v) is 15.3. The number of hydrogen-bond donors (Lipinski definition) is 0. The SMILES string of the molecule is COC(=O)c1ccc(/C=N/OCc2sc(-c3ccccc3)nc2C)cc1. The van der Waals surface area contributed by atoms with Gasteiger partial charge in [-0.3, -0.25) is 0 Å². The fourth-order valence-electron chi connectivity index (χ4n) is 2.28. The van der Waals surface area contributed by atoms with Gasteiger partial charge in [0, 0.05) is 5.56 Å². The molecule has 3 aromatic rings. The molecule has 0 aliphatic rings. The fraction of sp³-hybridized carbons (Fsp3) is 0.150. The molecule has 0 amide bonds. The Morgan fingerprint density at radius 2 is 1.88 bits per heavy atom. The van der Waals surface area contributed by atoms with Gasteiger partial charge in [0.1, 0.15) is 5.01 Å². The molecular weight excluding hydrogens is 348 g/mol. The zero-order chi connectivity index (χ0) is 18.4. The molecule has 26 heavy (non-hydrogen) atoms. The summed E-state index contributed by atoms with van der Waals surface area (Å²) in [6.45, 7) is 2.34. The monoisotopic (exact) mass is 366 g/mol. The van der Waals surface area contributed by atoms with Crippen LogP contribution in [0.5, 0.6) is 0 Å². The number of thiazole rings is 1. The second-order valence-corrected chi connectivity index (χ2v) is 6.60. The van der Waals surface area contributed by atoms with Crippen molar-refractivity contribution in [1.82, 2.24) is 4.98 Å². The molecule has 0 saturated heterocycles. The highest BCUT2D eigenvalue weighted by Crippen LogP contribution is 2.28. The highest BCUT2D eigenvalue weighted by Gasteiger charge is 2.09. The van der Waals surface area contributed by atoms with E-state index in [0.29, 0.717) is 12.2 Å². The average molecular weight is 366 g/mol.